The summed E-state index contributed by atoms with van der Waals surface area (Å²) in [4.78, 5) is 18.3. The van der Waals surface area contributed by atoms with Crippen molar-refractivity contribution >= 4 is 27.7 Å². The SMILES string of the molecule is CCN(Cc1ccccc1)C(=O)CNc1ccc(Br)cn1. The number of hydrogen-bond donors (Lipinski definition) is 1. The van der Waals surface area contributed by atoms with Crippen LogP contribution in [0, 0.1) is 0 Å². The minimum Gasteiger partial charge on any atom is -0.361 e. The van der Waals surface area contributed by atoms with Gasteiger partial charge in [0, 0.05) is 23.8 Å². The fourth-order valence-corrected chi connectivity index (χ4v) is 2.17. The van der Waals surface area contributed by atoms with E-state index in [1.165, 1.54) is 0 Å². The molecule has 0 aliphatic rings. The Morgan fingerprint density at radius 3 is 2.62 bits per heavy atom. The zero-order chi connectivity index (χ0) is 15.1. The van der Waals surface area contributed by atoms with E-state index in [1.54, 1.807) is 6.20 Å². The van der Waals surface area contributed by atoms with Gasteiger partial charge in [-0.1, -0.05) is 30.3 Å². The van der Waals surface area contributed by atoms with E-state index in [1.807, 2.05) is 54.3 Å². The van der Waals surface area contributed by atoms with Gasteiger partial charge in [-0.25, -0.2) is 4.98 Å². The average Bonchev–Trinajstić information content (AvgIpc) is 2.52. The number of aromatic nitrogens is 1. The second-order valence-corrected chi connectivity index (χ2v) is 5.52. The number of carbonyl (C=O) groups is 1. The Kier molecular flexibility index (Phi) is 5.75. The number of nitrogens with one attached hydrogen (secondary N) is 1. The van der Waals surface area contributed by atoms with E-state index in [-0.39, 0.29) is 12.5 Å². The first-order valence-electron chi connectivity index (χ1n) is 6.86. The van der Waals surface area contributed by atoms with Crippen molar-refractivity contribution in [2.24, 2.45) is 0 Å². The van der Waals surface area contributed by atoms with Crippen molar-refractivity contribution in [1.82, 2.24) is 9.88 Å². The van der Waals surface area contributed by atoms with Crippen LogP contribution in [-0.4, -0.2) is 28.9 Å². The number of rotatable bonds is 6. The third-order valence-corrected chi connectivity index (χ3v) is 3.57. The largest absolute Gasteiger partial charge is 0.361 e. The van der Waals surface area contributed by atoms with E-state index in [4.69, 9.17) is 0 Å². The van der Waals surface area contributed by atoms with Crippen molar-refractivity contribution in [2.75, 3.05) is 18.4 Å². The predicted molar refractivity (Wildman–Crippen MR) is 88.0 cm³/mol. The van der Waals surface area contributed by atoms with Crippen molar-refractivity contribution in [3.8, 4) is 0 Å². The van der Waals surface area contributed by atoms with Crippen LogP contribution in [0.3, 0.4) is 0 Å². The van der Waals surface area contributed by atoms with Crippen LogP contribution in [0.5, 0.6) is 0 Å². The van der Waals surface area contributed by atoms with Crippen molar-refractivity contribution < 1.29 is 4.79 Å². The average molecular weight is 348 g/mol. The molecule has 0 bridgehead atoms. The summed E-state index contributed by atoms with van der Waals surface area (Å²) >= 11 is 3.33. The lowest BCUT2D eigenvalue weighted by Gasteiger charge is -2.21. The Bertz CT molecular complexity index is 572. The molecule has 0 aliphatic carbocycles. The van der Waals surface area contributed by atoms with Crippen LogP contribution in [0.1, 0.15) is 12.5 Å². The Hall–Kier alpha value is -1.88. The number of likely N-dealkylation sites (N-methyl/N-ethyl adjacent to an activating group) is 1. The molecule has 0 saturated carbocycles. The quantitative estimate of drug-likeness (QED) is 0.871. The summed E-state index contributed by atoms with van der Waals surface area (Å²) in [6, 6.07) is 13.7. The van der Waals surface area contributed by atoms with Gasteiger partial charge in [0.25, 0.3) is 0 Å². The van der Waals surface area contributed by atoms with Crippen molar-refractivity contribution in [2.45, 2.75) is 13.5 Å². The lowest BCUT2D eigenvalue weighted by atomic mass is 10.2. The standard InChI is InChI=1S/C16H18BrN3O/c1-2-20(12-13-6-4-3-5-7-13)16(21)11-19-15-9-8-14(17)10-18-15/h3-10H,2,11-12H2,1H3,(H,18,19). The van der Waals surface area contributed by atoms with Crippen molar-refractivity contribution in [1.29, 1.82) is 0 Å². The maximum Gasteiger partial charge on any atom is 0.242 e. The molecule has 4 nitrogen and oxygen atoms in total. The molecule has 2 rings (SSSR count). The molecule has 0 fully saturated rings. The number of hydrogen-bond acceptors (Lipinski definition) is 3. The van der Waals surface area contributed by atoms with E-state index in [2.05, 4.69) is 26.2 Å². The normalized spacial score (nSPS) is 10.2. The van der Waals surface area contributed by atoms with Crippen LogP contribution in [0.15, 0.2) is 53.1 Å². The van der Waals surface area contributed by atoms with Gasteiger partial charge in [-0.3, -0.25) is 4.79 Å². The molecule has 0 atom stereocenters. The first-order valence-corrected chi connectivity index (χ1v) is 7.65. The Labute approximate surface area is 133 Å². The molecule has 0 saturated heterocycles. The smallest absolute Gasteiger partial charge is 0.242 e. The number of carbonyl (C=O) groups excluding carboxylic acids is 1. The molecule has 1 heterocycles. The molecule has 0 radical (unpaired) electrons. The third-order valence-electron chi connectivity index (χ3n) is 3.10. The number of nitrogens with zero attached hydrogens (tertiary/aromatic N) is 2. The van der Waals surface area contributed by atoms with Crippen LogP contribution in [0.4, 0.5) is 5.82 Å². The minimum absolute atomic E-state index is 0.0612. The molecular formula is C16H18BrN3O. The summed E-state index contributed by atoms with van der Waals surface area (Å²) in [7, 11) is 0. The van der Waals surface area contributed by atoms with Crippen molar-refractivity contribution in [3.63, 3.8) is 0 Å². The molecule has 2 aromatic rings. The number of benzene rings is 1. The van der Waals surface area contributed by atoms with E-state index in [9.17, 15) is 4.79 Å². The second kappa shape index (κ2) is 7.78. The number of pyridine rings is 1. The van der Waals surface area contributed by atoms with E-state index >= 15 is 0 Å². The Morgan fingerprint density at radius 1 is 1.24 bits per heavy atom. The summed E-state index contributed by atoms with van der Waals surface area (Å²) in [6.45, 7) is 3.54. The van der Waals surface area contributed by atoms with Gasteiger partial charge in [-0.15, -0.1) is 0 Å². The van der Waals surface area contributed by atoms with Crippen LogP contribution < -0.4 is 5.32 Å². The summed E-state index contributed by atoms with van der Waals surface area (Å²) in [5.41, 5.74) is 1.13. The second-order valence-electron chi connectivity index (χ2n) is 4.61. The topological polar surface area (TPSA) is 45.2 Å². The third kappa shape index (κ3) is 4.86. The van der Waals surface area contributed by atoms with Crippen LogP contribution in [-0.2, 0) is 11.3 Å². The zero-order valence-electron chi connectivity index (χ0n) is 11.9. The van der Waals surface area contributed by atoms with Crippen LogP contribution >= 0.6 is 15.9 Å². The van der Waals surface area contributed by atoms with E-state index < -0.39 is 0 Å². The molecule has 5 heteroatoms. The summed E-state index contributed by atoms with van der Waals surface area (Å²) in [5.74, 6) is 0.758. The monoisotopic (exact) mass is 347 g/mol. The molecule has 0 aliphatic heterocycles. The van der Waals surface area contributed by atoms with Gasteiger partial charge in [-0.2, -0.15) is 0 Å². The summed E-state index contributed by atoms with van der Waals surface area (Å²) < 4.78 is 0.915. The number of anilines is 1. The summed E-state index contributed by atoms with van der Waals surface area (Å²) in [5, 5.41) is 3.05. The van der Waals surface area contributed by atoms with E-state index in [0.717, 1.165) is 10.0 Å². The maximum absolute atomic E-state index is 12.2. The molecule has 1 aromatic carbocycles. The van der Waals surface area contributed by atoms with Crippen LogP contribution in [0.2, 0.25) is 0 Å². The zero-order valence-corrected chi connectivity index (χ0v) is 13.5. The first kappa shape index (κ1) is 15.5. The number of halogens is 1. The van der Waals surface area contributed by atoms with Crippen molar-refractivity contribution in [3.05, 3.63) is 58.7 Å². The lowest BCUT2D eigenvalue weighted by Crippen LogP contribution is -2.35. The highest BCUT2D eigenvalue weighted by molar-refractivity contribution is 9.10. The first-order chi connectivity index (χ1) is 10.2. The molecule has 0 unspecified atom stereocenters. The highest BCUT2D eigenvalue weighted by Crippen LogP contribution is 2.10. The summed E-state index contributed by atoms with van der Waals surface area (Å²) in [6.07, 6.45) is 1.70. The van der Waals surface area contributed by atoms with Crippen LogP contribution in [0.25, 0.3) is 0 Å². The van der Waals surface area contributed by atoms with Gasteiger partial charge in [0.1, 0.15) is 5.82 Å². The fraction of sp³-hybridized carbons (Fsp3) is 0.250. The molecule has 1 aromatic heterocycles. The minimum atomic E-state index is 0.0612. The highest BCUT2D eigenvalue weighted by Gasteiger charge is 2.11. The van der Waals surface area contributed by atoms with Gasteiger partial charge in [0.05, 0.1) is 6.54 Å². The molecule has 110 valence electrons. The number of amides is 1. The van der Waals surface area contributed by atoms with Gasteiger partial charge in [0.15, 0.2) is 0 Å². The lowest BCUT2D eigenvalue weighted by molar-refractivity contribution is -0.129. The maximum atomic E-state index is 12.2. The molecule has 1 amide bonds. The molecule has 21 heavy (non-hydrogen) atoms. The van der Waals surface area contributed by atoms with Gasteiger partial charge in [-0.05, 0) is 40.5 Å². The molecule has 1 N–H and O–H groups in total. The van der Waals surface area contributed by atoms with Gasteiger partial charge < -0.3 is 10.2 Å². The van der Waals surface area contributed by atoms with Gasteiger partial charge >= 0.3 is 0 Å². The predicted octanol–water partition coefficient (Wildman–Crippen LogP) is 3.30. The van der Waals surface area contributed by atoms with E-state index in [0.29, 0.717) is 18.9 Å². The molecule has 0 spiro atoms. The Balaban J connectivity index is 1.89. The fourth-order valence-electron chi connectivity index (χ4n) is 1.94. The molecular weight excluding hydrogens is 330 g/mol. The van der Waals surface area contributed by atoms with Gasteiger partial charge in [0.2, 0.25) is 5.91 Å². The highest BCUT2D eigenvalue weighted by atomic mass is 79.9. The Morgan fingerprint density at radius 2 is 2.00 bits per heavy atom.